The van der Waals surface area contributed by atoms with E-state index in [0.717, 1.165) is 12.1 Å². The third-order valence-electron chi connectivity index (χ3n) is 1.82. The number of alkyl halides is 3. The van der Waals surface area contributed by atoms with Crippen LogP contribution in [0.2, 0.25) is 0 Å². The minimum absolute atomic E-state index is 0.0299. The third kappa shape index (κ3) is 2.69. The largest absolute Gasteiger partial charge is 0.417 e. The van der Waals surface area contributed by atoms with Crippen LogP contribution in [0.3, 0.4) is 0 Å². The summed E-state index contributed by atoms with van der Waals surface area (Å²) in [5.41, 5.74) is 3.98. The number of hydrogen-bond acceptors (Lipinski definition) is 2. The molecule has 0 saturated heterocycles. The first kappa shape index (κ1) is 12.4. The summed E-state index contributed by atoms with van der Waals surface area (Å²) >= 11 is 4.51. The number of anilines is 1. The summed E-state index contributed by atoms with van der Waals surface area (Å²) in [4.78, 5) is 9.77. The van der Waals surface area contributed by atoms with E-state index in [0.29, 0.717) is 0 Å². The summed E-state index contributed by atoms with van der Waals surface area (Å²) in [6, 6.07) is 3.19. The van der Waals surface area contributed by atoms with Gasteiger partial charge in [0.1, 0.15) is 4.99 Å². The van der Waals surface area contributed by atoms with Crippen LogP contribution in [0.25, 0.3) is 0 Å². The molecule has 3 nitrogen and oxygen atoms in total. The van der Waals surface area contributed by atoms with Crippen molar-refractivity contribution in [2.75, 3.05) is 5.32 Å². The number of rotatable bonds is 3. The Balaban J connectivity index is 3.32. The predicted molar refractivity (Wildman–Crippen MR) is 57.0 cm³/mol. The molecule has 1 aromatic rings. The second-order valence-electron chi connectivity index (χ2n) is 2.88. The monoisotopic (exact) mass is 248 g/mol. The molecule has 3 N–H and O–H groups in total. The molecule has 0 radical (unpaired) electrons. The van der Waals surface area contributed by atoms with E-state index in [1.54, 1.807) is 0 Å². The Morgan fingerprint density at radius 1 is 1.44 bits per heavy atom. The van der Waals surface area contributed by atoms with Gasteiger partial charge in [-0.05, 0) is 18.2 Å². The quantitative estimate of drug-likeness (QED) is 0.634. The zero-order valence-electron chi connectivity index (χ0n) is 7.84. The highest BCUT2D eigenvalue weighted by atomic mass is 32.1. The molecule has 7 heteroatoms. The van der Waals surface area contributed by atoms with Crippen LogP contribution in [0.4, 0.5) is 18.9 Å². The summed E-state index contributed by atoms with van der Waals surface area (Å²) in [5.74, 6) is 0. The molecule has 0 saturated carbocycles. The van der Waals surface area contributed by atoms with Gasteiger partial charge in [0.2, 0.25) is 6.41 Å². The Morgan fingerprint density at radius 2 is 2.06 bits per heavy atom. The van der Waals surface area contributed by atoms with Crippen molar-refractivity contribution in [3.05, 3.63) is 29.3 Å². The summed E-state index contributed by atoms with van der Waals surface area (Å²) < 4.78 is 37.8. The van der Waals surface area contributed by atoms with Crippen molar-refractivity contribution in [2.24, 2.45) is 5.73 Å². The number of benzene rings is 1. The molecule has 1 amide bonds. The number of nitrogens with one attached hydrogen (secondary N) is 1. The van der Waals surface area contributed by atoms with Gasteiger partial charge in [-0.3, -0.25) is 4.79 Å². The first-order chi connectivity index (χ1) is 7.36. The molecule has 1 aromatic carbocycles. The van der Waals surface area contributed by atoms with Crippen LogP contribution in [-0.4, -0.2) is 11.4 Å². The highest BCUT2D eigenvalue weighted by molar-refractivity contribution is 7.80. The molecule has 0 aromatic heterocycles. The summed E-state index contributed by atoms with van der Waals surface area (Å²) in [7, 11) is 0. The van der Waals surface area contributed by atoms with E-state index in [-0.39, 0.29) is 22.6 Å². The van der Waals surface area contributed by atoms with E-state index in [4.69, 9.17) is 5.73 Å². The Bertz CT molecular complexity index is 431. The number of carbonyl (C=O) groups excluding carboxylic acids is 1. The molecule has 1 rings (SSSR count). The molecule has 0 aliphatic rings. The predicted octanol–water partition coefficient (Wildman–Crippen LogP) is 1.91. The molecular formula is C9H7F3N2OS. The van der Waals surface area contributed by atoms with Gasteiger partial charge in [0.15, 0.2) is 0 Å². The maximum absolute atomic E-state index is 12.6. The maximum atomic E-state index is 12.6. The van der Waals surface area contributed by atoms with Gasteiger partial charge in [-0.1, -0.05) is 12.2 Å². The zero-order chi connectivity index (χ0) is 12.3. The van der Waals surface area contributed by atoms with E-state index in [1.165, 1.54) is 6.07 Å². The molecular weight excluding hydrogens is 241 g/mol. The second-order valence-corrected chi connectivity index (χ2v) is 3.32. The van der Waals surface area contributed by atoms with Gasteiger partial charge in [-0.15, -0.1) is 0 Å². The molecule has 0 unspecified atom stereocenters. The van der Waals surface area contributed by atoms with Crippen LogP contribution in [0, 0.1) is 0 Å². The van der Waals surface area contributed by atoms with E-state index in [2.05, 4.69) is 17.5 Å². The van der Waals surface area contributed by atoms with Crippen LogP contribution in [0.5, 0.6) is 0 Å². The van der Waals surface area contributed by atoms with Crippen LogP contribution in [-0.2, 0) is 11.0 Å². The number of carbonyl (C=O) groups is 1. The Kier molecular flexibility index (Phi) is 3.48. The number of amides is 1. The zero-order valence-corrected chi connectivity index (χ0v) is 8.65. The minimum Gasteiger partial charge on any atom is -0.389 e. The summed E-state index contributed by atoms with van der Waals surface area (Å²) in [6.45, 7) is 0. The smallest absolute Gasteiger partial charge is 0.389 e. The van der Waals surface area contributed by atoms with Gasteiger partial charge in [-0.2, -0.15) is 13.2 Å². The van der Waals surface area contributed by atoms with E-state index in [9.17, 15) is 18.0 Å². The maximum Gasteiger partial charge on any atom is 0.417 e. The van der Waals surface area contributed by atoms with Crippen molar-refractivity contribution < 1.29 is 18.0 Å². The third-order valence-corrected chi connectivity index (χ3v) is 2.04. The van der Waals surface area contributed by atoms with Gasteiger partial charge in [0, 0.05) is 11.3 Å². The van der Waals surface area contributed by atoms with Crippen molar-refractivity contribution >= 4 is 29.3 Å². The Hall–Kier alpha value is -1.63. The molecule has 16 heavy (non-hydrogen) atoms. The standard InChI is InChI=1S/C9H7F3N2OS/c10-9(11,12)7-3-5(14-4-15)1-2-6(7)8(13)16/h1-4H,(H2,13,16)(H,14,15). The molecule has 0 spiro atoms. The fraction of sp³-hybridized carbons (Fsp3) is 0.111. The molecule has 86 valence electrons. The average Bonchev–Trinajstić information content (AvgIpc) is 2.16. The van der Waals surface area contributed by atoms with Gasteiger partial charge < -0.3 is 11.1 Å². The van der Waals surface area contributed by atoms with Crippen molar-refractivity contribution in [3.63, 3.8) is 0 Å². The first-order valence-electron chi connectivity index (χ1n) is 4.07. The SMILES string of the molecule is NC(=S)c1ccc(NC=O)cc1C(F)(F)F. The lowest BCUT2D eigenvalue weighted by molar-refractivity contribution is -0.137. The van der Waals surface area contributed by atoms with E-state index in [1.807, 2.05) is 0 Å². The highest BCUT2D eigenvalue weighted by Gasteiger charge is 2.34. The van der Waals surface area contributed by atoms with Gasteiger partial charge in [0.25, 0.3) is 0 Å². The van der Waals surface area contributed by atoms with Crippen molar-refractivity contribution in [1.29, 1.82) is 0 Å². The molecule has 0 aliphatic carbocycles. The Labute approximate surface area is 94.4 Å². The normalized spacial score (nSPS) is 10.9. The highest BCUT2D eigenvalue weighted by Crippen LogP contribution is 2.33. The van der Waals surface area contributed by atoms with Crippen LogP contribution in [0.15, 0.2) is 18.2 Å². The number of halogens is 3. The topological polar surface area (TPSA) is 55.1 Å². The van der Waals surface area contributed by atoms with Crippen molar-refractivity contribution in [3.8, 4) is 0 Å². The molecule has 0 atom stereocenters. The molecule has 0 aliphatic heterocycles. The molecule has 0 fully saturated rings. The fourth-order valence-electron chi connectivity index (χ4n) is 1.15. The fourth-order valence-corrected chi connectivity index (χ4v) is 1.33. The van der Waals surface area contributed by atoms with Crippen molar-refractivity contribution in [1.82, 2.24) is 0 Å². The van der Waals surface area contributed by atoms with Gasteiger partial charge in [0.05, 0.1) is 5.56 Å². The average molecular weight is 248 g/mol. The van der Waals surface area contributed by atoms with Crippen molar-refractivity contribution in [2.45, 2.75) is 6.18 Å². The number of thiocarbonyl (C=S) groups is 1. The van der Waals surface area contributed by atoms with Crippen LogP contribution < -0.4 is 11.1 Å². The Morgan fingerprint density at radius 3 is 2.50 bits per heavy atom. The first-order valence-corrected chi connectivity index (χ1v) is 4.48. The minimum atomic E-state index is -4.57. The number of hydrogen-bond donors (Lipinski definition) is 2. The lowest BCUT2D eigenvalue weighted by Gasteiger charge is -2.13. The summed E-state index contributed by atoms with van der Waals surface area (Å²) in [6.07, 6.45) is -4.28. The number of nitrogens with two attached hydrogens (primary N) is 1. The van der Waals surface area contributed by atoms with Gasteiger partial charge in [-0.25, -0.2) is 0 Å². The van der Waals surface area contributed by atoms with Gasteiger partial charge >= 0.3 is 6.18 Å². The van der Waals surface area contributed by atoms with E-state index < -0.39 is 11.7 Å². The van der Waals surface area contributed by atoms with Crippen LogP contribution >= 0.6 is 12.2 Å². The van der Waals surface area contributed by atoms with E-state index >= 15 is 0 Å². The lowest BCUT2D eigenvalue weighted by Crippen LogP contribution is -2.18. The lowest BCUT2D eigenvalue weighted by atomic mass is 10.1. The van der Waals surface area contributed by atoms with Crippen LogP contribution in [0.1, 0.15) is 11.1 Å². The molecule has 0 heterocycles. The molecule has 0 bridgehead atoms. The summed E-state index contributed by atoms with van der Waals surface area (Å²) in [5, 5.41) is 2.12. The second kappa shape index (κ2) is 4.48.